The van der Waals surface area contributed by atoms with E-state index in [1.165, 1.54) is 0 Å². The van der Waals surface area contributed by atoms with Gasteiger partial charge >= 0.3 is 0 Å². The van der Waals surface area contributed by atoms with Gasteiger partial charge in [0.15, 0.2) is 5.78 Å². The van der Waals surface area contributed by atoms with Gasteiger partial charge in [-0.2, -0.15) is 0 Å². The number of Topliss-reactive ketones (excluding diaryl/α,β-unsaturated/α-hetero) is 1. The zero-order valence-electron chi connectivity index (χ0n) is 12.3. The van der Waals surface area contributed by atoms with Gasteiger partial charge in [0.1, 0.15) is 0 Å². The summed E-state index contributed by atoms with van der Waals surface area (Å²) in [5.41, 5.74) is 2.01. The highest BCUT2D eigenvalue weighted by Gasteiger charge is 2.30. The number of carbonyl (C=O) groups is 2. The number of likely N-dealkylation sites (N-methyl/N-ethyl adjacent to an activating group) is 1. The number of fused-ring (bicyclic) bond motifs is 1. The Labute approximate surface area is 120 Å². The molecular weight excluding hydrogens is 252 g/mol. The number of carbonyl (C=O) groups excluding carboxylic acids is 2. The third-order valence-corrected chi connectivity index (χ3v) is 3.86. The first kappa shape index (κ1) is 14.7. The maximum absolute atomic E-state index is 12.6. The van der Waals surface area contributed by atoms with Gasteiger partial charge in [-0.15, -0.1) is 0 Å². The van der Waals surface area contributed by atoms with E-state index >= 15 is 0 Å². The first-order valence-corrected chi connectivity index (χ1v) is 7.14. The highest BCUT2D eigenvalue weighted by molar-refractivity contribution is 6.03. The van der Waals surface area contributed by atoms with Crippen molar-refractivity contribution in [2.24, 2.45) is 5.92 Å². The van der Waals surface area contributed by atoms with Crippen molar-refractivity contribution >= 4 is 17.4 Å². The molecule has 1 amide bonds. The molecule has 0 aliphatic carbocycles. The molecule has 0 bridgehead atoms. The Bertz CT molecular complexity index is 511. The number of amides is 1. The monoisotopic (exact) mass is 274 g/mol. The summed E-state index contributed by atoms with van der Waals surface area (Å²) in [4.78, 5) is 26.3. The lowest BCUT2D eigenvalue weighted by Gasteiger charge is -2.25. The normalized spacial score (nSPS) is 18.9. The average Bonchev–Trinajstić information content (AvgIpc) is 2.57. The van der Waals surface area contributed by atoms with Gasteiger partial charge in [-0.05, 0) is 31.5 Å². The zero-order chi connectivity index (χ0) is 14.7. The summed E-state index contributed by atoms with van der Waals surface area (Å²) < 4.78 is 0. The number of aryl methyl sites for hydroxylation is 1. The van der Waals surface area contributed by atoms with Crippen molar-refractivity contribution < 1.29 is 9.59 Å². The van der Waals surface area contributed by atoms with Gasteiger partial charge in [0, 0.05) is 11.6 Å². The van der Waals surface area contributed by atoms with Crippen LogP contribution in [0.15, 0.2) is 24.3 Å². The second kappa shape index (κ2) is 6.18. The Morgan fingerprint density at radius 2 is 2.10 bits per heavy atom. The molecule has 1 aliphatic heterocycles. The molecular formula is C16H22N2O2. The third kappa shape index (κ3) is 2.90. The van der Waals surface area contributed by atoms with Crippen LogP contribution in [0.4, 0.5) is 5.69 Å². The van der Waals surface area contributed by atoms with Crippen molar-refractivity contribution in [2.75, 3.05) is 18.5 Å². The van der Waals surface area contributed by atoms with E-state index in [1.807, 2.05) is 38.1 Å². The minimum atomic E-state index is -0.220. The predicted octanol–water partition coefficient (Wildman–Crippen LogP) is 1.78. The minimum Gasteiger partial charge on any atom is -0.309 e. The molecule has 20 heavy (non-hydrogen) atoms. The number of anilines is 1. The van der Waals surface area contributed by atoms with Crippen LogP contribution in [0.1, 0.15) is 25.8 Å². The Morgan fingerprint density at radius 1 is 1.40 bits per heavy atom. The SMILES string of the molecule is CNC1CCc2ccccc2N(CC(=O)C(C)C)C1=O. The molecule has 1 heterocycles. The van der Waals surface area contributed by atoms with E-state index in [0.29, 0.717) is 0 Å². The van der Waals surface area contributed by atoms with Crippen LogP contribution in [0.3, 0.4) is 0 Å². The van der Waals surface area contributed by atoms with Crippen molar-refractivity contribution in [3.05, 3.63) is 29.8 Å². The minimum absolute atomic E-state index is 0.00792. The summed E-state index contributed by atoms with van der Waals surface area (Å²) >= 11 is 0. The summed E-state index contributed by atoms with van der Waals surface area (Å²) in [5, 5.41) is 3.06. The van der Waals surface area contributed by atoms with E-state index in [-0.39, 0.29) is 30.2 Å². The summed E-state index contributed by atoms with van der Waals surface area (Å²) in [6.07, 6.45) is 1.61. The molecule has 4 nitrogen and oxygen atoms in total. The fourth-order valence-corrected chi connectivity index (χ4v) is 2.49. The van der Waals surface area contributed by atoms with Gasteiger partial charge in [0.2, 0.25) is 5.91 Å². The Hall–Kier alpha value is -1.68. The van der Waals surface area contributed by atoms with Crippen LogP contribution in [0.5, 0.6) is 0 Å². The molecule has 1 aliphatic rings. The first-order chi connectivity index (χ1) is 9.54. The highest BCUT2D eigenvalue weighted by atomic mass is 16.2. The number of para-hydroxylation sites is 1. The quantitative estimate of drug-likeness (QED) is 0.910. The Kier molecular flexibility index (Phi) is 4.55. The molecule has 0 saturated heterocycles. The van der Waals surface area contributed by atoms with Crippen LogP contribution in [-0.4, -0.2) is 31.3 Å². The zero-order valence-corrected chi connectivity index (χ0v) is 12.3. The number of nitrogens with one attached hydrogen (secondary N) is 1. The van der Waals surface area contributed by atoms with E-state index in [9.17, 15) is 9.59 Å². The number of hydrogen-bond donors (Lipinski definition) is 1. The second-order valence-corrected chi connectivity index (χ2v) is 5.55. The molecule has 0 saturated carbocycles. The summed E-state index contributed by atoms with van der Waals surface area (Å²) in [6, 6.07) is 7.64. The largest absolute Gasteiger partial charge is 0.309 e. The number of hydrogen-bond acceptors (Lipinski definition) is 3. The fraction of sp³-hybridized carbons (Fsp3) is 0.500. The van der Waals surface area contributed by atoms with Gasteiger partial charge in [0.25, 0.3) is 0 Å². The molecule has 1 unspecified atom stereocenters. The number of nitrogens with zero attached hydrogens (tertiary/aromatic N) is 1. The molecule has 1 N–H and O–H groups in total. The lowest BCUT2D eigenvalue weighted by atomic mass is 10.1. The summed E-state index contributed by atoms with van der Waals surface area (Å²) in [7, 11) is 1.79. The standard InChI is InChI=1S/C16H22N2O2/c1-11(2)15(19)10-18-14-7-5-4-6-12(14)8-9-13(17-3)16(18)20/h4-7,11,13,17H,8-10H2,1-3H3. The Morgan fingerprint density at radius 3 is 2.75 bits per heavy atom. The van der Waals surface area contributed by atoms with Crippen LogP contribution < -0.4 is 10.2 Å². The smallest absolute Gasteiger partial charge is 0.244 e. The van der Waals surface area contributed by atoms with E-state index in [0.717, 1.165) is 24.1 Å². The second-order valence-electron chi connectivity index (χ2n) is 5.55. The van der Waals surface area contributed by atoms with E-state index in [2.05, 4.69) is 5.32 Å². The third-order valence-electron chi connectivity index (χ3n) is 3.86. The molecule has 2 rings (SSSR count). The maximum atomic E-state index is 12.6. The highest BCUT2D eigenvalue weighted by Crippen LogP contribution is 2.27. The number of benzene rings is 1. The first-order valence-electron chi connectivity index (χ1n) is 7.14. The van der Waals surface area contributed by atoms with Gasteiger partial charge in [-0.25, -0.2) is 0 Å². The predicted molar refractivity (Wildman–Crippen MR) is 79.8 cm³/mol. The van der Waals surface area contributed by atoms with Crippen molar-refractivity contribution in [3.63, 3.8) is 0 Å². The topological polar surface area (TPSA) is 49.4 Å². The van der Waals surface area contributed by atoms with Crippen molar-refractivity contribution in [2.45, 2.75) is 32.7 Å². The number of ketones is 1. The molecule has 1 atom stereocenters. The summed E-state index contributed by atoms with van der Waals surface area (Å²) in [6.45, 7) is 3.89. The van der Waals surface area contributed by atoms with Crippen molar-refractivity contribution in [1.29, 1.82) is 0 Å². The van der Waals surface area contributed by atoms with Crippen LogP contribution in [-0.2, 0) is 16.0 Å². The molecule has 0 aromatic heterocycles. The van der Waals surface area contributed by atoms with Crippen LogP contribution >= 0.6 is 0 Å². The van der Waals surface area contributed by atoms with Gasteiger partial charge in [0.05, 0.1) is 12.6 Å². The fourth-order valence-electron chi connectivity index (χ4n) is 2.49. The van der Waals surface area contributed by atoms with E-state index in [4.69, 9.17) is 0 Å². The van der Waals surface area contributed by atoms with Gasteiger partial charge < -0.3 is 10.2 Å². The molecule has 0 radical (unpaired) electrons. The average molecular weight is 274 g/mol. The number of rotatable bonds is 4. The molecule has 4 heteroatoms. The lowest BCUT2D eigenvalue weighted by molar-refractivity contribution is -0.125. The van der Waals surface area contributed by atoms with E-state index < -0.39 is 0 Å². The van der Waals surface area contributed by atoms with Gasteiger partial charge in [-0.1, -0.05) is 32.0 Å². The van der Waals surface area contributed by atoms with Crippen molar-refractivity contribution in [1.82, 2.24) is 5.32 Å². The lowest BCUT2D eigenvalue weighted by Crippen LogP contribution is -2.47. The van der Waals surface area contributed by atoms with Gasteiger partial charge in [-0.3, -0.25) is 9.59 Å². The molecule has 0 fully saturated rings. The molecule has 108 valence electrons. The molecule has 1 aromatic rings. The van der Waals surface area contributed by atoms with Crippen LogP contribution in [0, 0.1) is 5.92 Å². The summed E-state index contributed by atoms with van der Waals surface area (Å²) in [5.74, 6) is 0.0163. The van der Waals surface area contributed by atoms with E-state index in [1.54, 1.807) is 11.9 Å². The van der Waals surface area contributed by atoms with Crippen molar-refractivity contribution in [3.8, 4) is 0 Å². The molecule has 1 aromatic carbocycles. The molecule has 0 spiro atoms. The van der Waals surface area contributed by atoms with Crippen LogP contribution in [0.2, 0.25) is 0 Å². The Balaban J connectivity index is 2.37. The maximum Gasteiger partial charge on any atom is 0.244 e. The van der Waals surface area contributed by atoms with Crippen LogP contribution in [0.25, 0.3) is 0 Å².